The van der Waals surface area contributed by atoms with Crippen molar-refractivity contribution in [2.24, 2.45) is 0 Å². The van der Waals surface area contributed by atoms with Crippen LogP contribution in [0.1, 0.15) is 40.0 Å². The van der Waals surface area contributed by atoms with Gasteiger partial charge >= 0.3 is 24.6 Å². The van der Waals surface area contributed by atoms with Crippen molar-refractivity contribution in [1.29, 1.82) is 0 Å². The number of halogens is 10. The van der Waals surface area contributed by atoms with Crippen LogP contribution in [0, 0.1) is 0 Å². The van der Waals surface area contributed by atoms with Crippen LogP contribution in [0.15, 0.2) is 66.2 Å². The molecule has 3 nitrogen and oxygen atoms in total. The first kappa shape index (κ1) is 27.6. The molecule has 1 saturated heterocycles. The highest BCUT2D eigenvalue weighted by atomic mass is 79.9. The van der Waals surface area contributed by atoms with Crippen LogP contribution < -0.4 is 0 Å². The average molecular weight is 588 g/mol. The van der Waals surface area contributed by atoms with E-state index in [1.807, 2.05) is 0 Å². The quantitative estimate of drug-likeness (QED) is 0.259. The Morgan fingerprint density at radius 2 is 1.39 bits per heavy atom. The number of nitrogens with zero attached hydrogens (tertiary/aromatic N) is 1. The Morgan fingerprint density at radius 1 is 0.861 bits per heavy atom. The molecule has 1 heterocycles. The summed E-state index contributed by atoms with van der Waals surface area (Å²) in [6, 6.07) is 0.689. The van der Waals surface area contributed by atoms with Crippen molar-refractivity contribution in [1.82, 2.24) is 4.90 Å². The van der Waals surface area contributed by atoms with Gasteiger partial charge in [0.2, 0.25) is 0 Å². The molecule has 0 spiro atoms. The number of rotatable bonds is 5. The van der Waals surface area contributed by atoms with Gasteiger partial charge in [-0.15, -0.1) is 13.2 Å². The summed E-state index contributed by atoms with van der Waals surface area (Å²) >= 11 is 3.10. The molecule has 0 saturated carbocycles. The average Bonchev–Trinajstić information content (AvgIpc) is 3.09. The molecule has 0 aromatic heterocycles. The van der Waals surface area contributed by atoms with Crippen molar-refractivity contribution in [3.8, 4) is 0 Å². The van der Waals surface area contributed by atoms with Crippen molar-refractivity contribution >= 4 is 22.0 Å². The minimum Gasteiger partial charge on any atom is -0.439 e. The largest absolute Gasteiger partial charge is 0.439 e. The van der Waals surface area contributed by atoms with E-state index in [0.29, 0.717) is 12.1 Å². The highest BCUT2D eigenvalue weighted by Crippen LogP contribution is 2.45. The monoisotopic (exact) mass is 587 g/mol. The van der Waals surface area contributed by atoms with E-state index in [1.54, 1.807) is 0 Å². The molecule has 0 unspecified atom stereocenters. The van der Waals surface area contributed by atoms with Gasteiger partial charge in [-0.2, -0.15) is 39.5 Å². The second-order valence-electron chi connectivity index (χ2n) is 7.69. The zero-order chi connectivity index (χ0) is 27.2. The number of benzene rings is 2. The fourth-order valence-electron chi connectivity index (χ4n) is 3.79. The van der Waals surface area contributed by atoms with E-state index >= 15 is 0 Å². The van der Waals surface area contributed by atoms with Crippen LogP contribution in [0.3, 0.4) is 0 Å². The highest BCUT2D eigenvalue weighted by molar-refractivity contribution is 9.10. The maximum Gasteiger partial charge on any atom is 0.416 e. The van der Waals surface area contributed by atoms with Crippen LogP contribution in [0.5, 0.6) is 0 Å². The SMILES string of the molecule is C=C[C@@H](c1cc(C(F)(F)F)ccc1Br)N1C(=O)O[C@H](c2cc(C(F)(F)F)cc(C(F)(F)F)c2)[C@@H]1C=C. The van der Waals surface area contributed by atoms with Crippen LogP contribution in [0.25, 0.3) is 0 Å². The van der Waals surface area contributed by atoms with Gasteiger partial charge in [-0.25, -0.2) is 4.79 Å². The van der Waals surface area contributed by atoms with E-state index in [-0.39, 0.29) is 16.1 Å². The molecule has 2 aromatic carbocycles. The van der Waals surface area contributed by atoms with Gasteiger partial charge in [0.25, 0.3) is 0 Å². The predicted molar refractivity (Wildman–Crippen MR) is 114 cm³/mol. The van der Waals surface area contributed by atoms with Gasteiger partial charge in [-0.05, 0) is 47.5 Å². The smallest absolute Gasteiger partial charge is 0.416 e. The topological polar surface area (TPSA) is 29.5 Å². The van der Waals surface area contributed by atoms with Gasteiger partial charge in [0.1, 0.15) is 0 Å². The maximum atomic E-state index is 13.3. The molecule has 0 bridgehead atoms. The van der Waals surface area contributed by atoms with Gasteiger partial charge in [0.15, 0.2) is 6.10 Å². The normalized spacial score (nSPS) is 19.7. The van der Waals surface area contributed by atoms with Crippen LogP contribution in [0.4, 0.5) is 44.3 Å². The minimum atomic E-state index is -5.14. The van der Waals surface area contributed by atoms with Crippen molar-refractivity contribution in [2.75, 3.05) is 0 Å². The van der Waals surface area contributed by atoms with Crippen LogP contribution in [0.2, 0.25) is 0 Å². The lowest BCUT2D eigenvalue weighted by Gasteiger charge is -2.30. The van der Waals surface area contributed by atoms with E-state index in [2.05, 4.69) is 29.1 Å². The summed E-state index contributed by atoms with van der Waals surface area (Å²) in [5.74, 6) is 0. The summed E-state index contributed by atoms with van der Waals surface area (Å²) in [4.78, 5) is 13.6. The molecule has 13 heteroatoms. The van der Waals surface area contributed by atoms with E-state index in [9.17, 15) is 44.3 Å². The zero-order valence-corrected chi connectivity index (χ0v) is 19.4. The maximum absolute atomic E-state index is 13.3. The third-order valence-electron chi connectivity index (χ3n) is 5.41. The second kappa shape index (κ2) is 9.49. The first-order valence-corrected chi connectivity index (χ1v) is 10.7. The van der Waals surface area contributed by atoms with Crippen LogP contribution >= 0.6 is 15.9 Å². The molecular formula is C23H15BrF9NO2. The van der Waals surface area contributed by atoms with Gasteiger partial charge in [0, 0.05) is 4.47 Å². The lowest BCUT2D eigenvalue weighted by Crippen LogP contribution is -2.36. The summed E-state index contributed by atoms with van der Waals surface area (Å²) in [7, 11) is 0. The van der Waals surface area contributed by atoms with E-state index < -0.39 is 65.1 Å². The second-order valence-corrected chi connectivity index (χ2v) is 8.55. The van der Waals surface area contributed by atoms with E-state index in [4.69, 9.17) is 4.74 Å². The van der Waals surface area contributed by atoms with E-state index in [0.717, 1.165) is 35.3 Å². The molecule has 0 N–H and O–H groups in total. The summed E-state index contributed by atoms with van der Waals surface area (Å²) in [5, 5.41) is 0. The lowest BCUT2D eigenvalue weighted by atomic mass is 9.95. The van der Waals surface area contributed by atoms with Crippen LogP contribution in [-0.4, -0.2) is 17.0 Å². The summed E-state index contributed by atoms with van der Waals surface area (Å²) in [5.41, 5.74) is -5.01. The summed E-state index contributed by atoms with van der Waals surface area (Å²) in [6.07, 6.45) is -15.8. The number of amides is 1. The van der Waals surface area contributed by atoms with Crippen molar-refractivity contribution < 1.29 is 49.0 Å². The van der Waals surface area contributed by atoms with Crippen LogP contribution in [-0.2, 0) is 23.3 Å². The fourth-order valence-corrected chi connectivity index (χ4v) is 4.27. The molecule has 0 radical (unpaired) electrons. The Morgan fingerprint density at radius 3 is 1.83 bits per heavy atom. The van der Waals surface area contributed by atoms with Crippen molar-refractivity contribution in [3.05, 3.63) is 94.0 Å². The van der Waals surface area contributed by atoms with E-state index in [1.165, 1.54) is 0 Å². The first-order valence-electron chi connectivity index (χ1n) is 9.89. The Bertz CT molecular complexity index is 1160. The standard InChI is InChI=1S/C23H15BrF9NO2/c1-3-17(15-10-12(21(25,26)27)5-6-16(15)24)34-18(4-2)19(36-20(34)35)11-7-13(22(28,29)30)9-14(8-11)23(31,32)33/h3-10,17-19H,1-2H2/t17-,18-,19+/m0/s1. The Kier molecular flexibility index (Phi) is 7.28. The molecule has 1 aliphatic rings. The molecule has 0 aliphatic carbocycles. The number of hydrogen-bond acceptors (Lipinski definition) is 2. The fraction of sp³-hybridized carbons (Fsp3) is 0.261. The number of carbonyl (C=O) groups excluding carboxylic acids is 1. The molecular weight excluding hydrogens is 573 g/mol. The molecule has 3 rings (SSSR count). The number of ether oxygens (including phenoxy) is 1. The van der Waals surface area contributed by atoms with Crippen molar-refractivity contribution in [3.63, 3.8) is 0 Å². The molecule has 1 fully saturated rings. The number of hydrogen-bond donors (Lipinski definition) is 0. The van der Waals surface area contributed by atoms with Gasteiger partial charge in [-0.1, -0.05) is 28.1 Å². The first-order chi connectivity index (χ1) is 16.5. The highest BCUT2D eigenvalue weighted by Gasteiger charge is 2.46. The third-order valence-corrected chi connectivity index (χ3v) is 6.14. The number of alkyl halides is 9. The number of cyclic esters (lactones) is 1. The summed E-state index contributed by atoms with van der Waals surface area (Å²) < 4.78 is 125. The summed E-state index contributed by atoms with van der Waals surface area (Å²) in [6.45, 7) is 7.02. The predicted octanol–water partition coefficient (Wildman–Crippen LogP) is 8.48. The Labute approximate surface area is 207 Å². The molecule has 194 valence electrons. The number of carbonyl (C=O) groups is 1. The molecule has 2 aromatic rings. The van der Waals surface area contributed by atoms with Gasteiger partial charge < -0.3 is 4.74 Å². The Hall–Kier alpha value is -2.96. The minimum absolute atomic E-state index is 0.0761. The zero-order valence-electron chi connectivity index (χ0n) is 17.8. The molecule has 36 heavy (non-hydrogen) atoms. The molecule has 1 aliphatic heterocycles. The molecule has 3 atom stereocenters. The van der Waals surface area contributed by atoms with Crippen molar-refractivity contribution in [2.45, 2.75) is 36.7 Å². The Balaban J connectivity index is 2.12. The van der Waals surface area contributed by atoms with Gasteiger partial charge in [-0.3, -0.25) is 4.90 Å². The van der Waals surface area contributed by atoms with Gasteiger partial charge in [0.05, 0.1) is 28.8 Å². The lowest BCUT2D eigenvalue weighted by molar-refractivity contribution is -0.143. The third kappa shape index (κ3) is 5.40. The molecule has 1 amide bonds.